The predicted octanol–water partition coefficient (Wildman–Crippen LogP) is 2.98. The van der Waals surface area contributed by atoms with Crippen LogP contribution in [-0.2, 0) is 0 Å². The Labute approximate surface area is 122 Å². The van der Waals surface area contributed by atoms with E-state index in [9.17, 15) is 0 Å². The second-order valence-corrected chi connectivity index (χ2v) is 5.62. The minimum atomic E-state index is 0. The quantitative estimate of drug-likeness (QED) is 0.883. The van der Waals surface area contributed by atoms with Gasteiger partial charge in [-0.2, -0.15) is 26.7 Å². The summed E-state index contributed by atoms with van der Waals surface area (Å²) in [5.41, 5.74) is 5.62. The molecular formula is C12H19N5S2. The van der Waals surface area contributed by atoms with Gasteiger partial charge in [0.2, 0.25) is 11.9 Å². The molecule has 1 unspecified atom stereocenters. The molecular weight excluding hydrogens is 278 g/mol. The molecule has 2 aromatic heterocycles. The number of anilines is 2. The maximum atomic E-state index is 5.62. The number of rotatable bonds is 5. The van der Waals surface area contributed by atoms with Gasteiger partial charge in [0.1, 0.15) is 5.82 Å². The number of hydrogen-bond acceptors (Lipinski definition) is 7. The van der Waals surface area contributed by atoms with Gasteiger partial charge >= 0.3 is 0 Å². The number of thiophene rings is 1. The lowest BCUT2D eigenvalue weighted by Gasteiger charge is -2.16. The minimum absolute atomic E-state index is 0. The summed E-state index contributed by atoms with van der Waals surface area (Å²) in [4.78, 5) is 13.6. The molecule has 0 aliphatic heterocycles. The molecule has 0 fully saturated rings. The highest BCUT2D eigenvalue weighted by atomic mass is 32.2. The molecule has 2 rings (SSSR count). The van der Waals surface area contributed by atoms with Gasteiger partial charge in [0.15, 0.2) is 0 Å². The zero-order valence-corrected chi connectivity index (χ0v) is 11.9. The van der Waals surface area contributed by atoms with Crippen molar-refractivity contribution in [1.82, 2.24) is 15.0 Å². The molecule has 0 saturated heterocycles. The summed E-state index contributed by atoms with van der Waals surface area (Å²) in [5, 5.41) is 5.38. The number of thioether (sulfide) groups is 1. The maximum absolute atomic E-state index is 5.62. The standard InChI is InChI=1S/C11H15N5S2.CH4/c1-7-13-10(12)16-11(14-7)15-8(6-17-2)9-4-3-5-18-9;/h3-5,8H,6H2,1-2H3,(H3,12,13,14,15,16);1H4. The molecule has 0 amide bonds. The van der Waals surface area contributed by atoms with Crippen molar-refractivity contribution in [2.75, 3.05) is 23.1 Å². The third kappa shape index (κ3) is 4.36. The van der Waals surface area contributed by atoms with E-state index in [2.05, 4.69) is 38.0 Å². The zero-order valence-electron chi connectivity index (χ0n) is 10.3. The van der Waals surface area contributed by atoms with E-state index in [0.29, 0.717) is 11.8 Å². The molecule has 5 nitrogen and oxygen atoms in total. The first-order valence-corrected chi connectivity index (χ1v) is 7.73. The molecule has 2 aromatic rings. The highest BCUT2D eigenvalue weighted by Gasteiger charge is 2.13. The number of nitrogens with two attached hydrogens (primary N) is 1. The van der Waals surface area contributed by atoms with Crippen LogP contribution < -0.4 is 11.1 Å². The monoisotopic (exact) mass is 297 g/mol. The van der Waals surface area contributed by atoms with Gasteiger partial charge in [0.05, 0.1) is 6.04 Å². The first kappa shape index (κ1) is 15.7. The van der Waals surface area contributed by atoms with E-state index in [-0.39, 0.29) is 19.4 Å². The number of nitrogen functional groups attached to an aromatic ring is 1. The van der Waals surface area contributed by atoms with Crippen molar-refractivity contribution >= 4 is 35.0 Å². The zero-order chi connectivity index (χ0) is 13.0. The SMILES string of the molecule is C.CSCC(Nc1nc(C)nc(N)n1)c1cccs1. The summed E-state index contributed by atoms with van der Waals surface area (Å²) < 4.78 is 0. The fourth-order valence-electron chi connectivity index (χ4n) is 1.57. The molecule has 104 valence electrons. The summed E-state index contributed by atoms with van der Waals surface area (Å²) in [6, 6.07) is 4.35. The van der Waals surface area contributed by atoms with Crippen molar-refractivity contribution in [3.63, 3.8) is 0 Å². The van der Waals surface area contributed by atoms with Crippen molar-refractivity contribution in [2.24, 2.45) is 0 Å². The Bertz CT molecular complexity index is 481. The van der Waals surface area contributed by atoms with Crippen molar-refractivity contribution in [3.8, 4) is 0 Å². The normalized spacial score (nSPS) is 11.7. The molecule has 2 heterocycles. The lowest BCUT2D eigenvalue weighted by molar-refractivity contribution is 0.875. The van der Waals surface area contributed by atoms with Crippen molar-refractivity contribution in [3.05, 3.63) is 28.2 Å². The molecule has 0 aliphatic carbocycles. The van der Waals surface area contributed by atoms with E-state index in [1.165, 1.54) is 4.88 Å². The Kier molecular flexibility index (Phi) is 6.04. The van der Waals surface area contributed by atoms with Crippen molar-refractivity contribution < 1.29 is 0 Å². The van der Waals surface area contributed by atoms with Crippen LogP contribution in [0.15, 0.2) is 17.5 Å². The molecule has 0 spiro atoms. The van der Waals surface area contributed by atoms with Crippen LogP contribution in [0.4, 0.5) is 11.9 Å². The molecule has 0 bridgehead atoms. The Hall–Kier alpha value is -1.34. The maximum Gasteiger partial charge on any atom is 0.228 e. The highest BCUT2D eigenvalue weighted by Crippen LogP contribution is 2.25. The molecule has 0 saturated carbocycles. The average molecular weight is 297 g/mol. The van der Waals surface area contributed by atoms with Crippen molar-refractivity contribution in [1.29, 1.82) is 0 Å². The number of hydrogen-bond donors (Lipinski definition) is 2. The predicted molar refractivity (Wildman–Crippen MR) is 84.8 cm³/mol. The van der Waals surface area contributed by atoms with E-state index in [0.717, 1.165) is 5.75 Å². The van der Waals surface area contributed by atoms with Crippen molar-refractivity contribution in [2.45, 2.75) is 20.4 Å². The summed E-state index contributed by atoms with van der Waals surface area (Å²) in [6.45, 7) is 1.80. The second kappa shape index (κ2) is 7.30. The molecule has 3 N–H and O–H groups in total. The minimum Gasteiger partial charge on any atom is -0.368 e. The second-order valence-electron chi connectivity index (χ2n) is 3.73. The molecule has 0 aromatic carbocycles. The van der Waals surface area contributed by atoms with Crippen LogP contribution in [0.1, 0.15) is 24.2 Å². The number of aromatic nitrogens is 3. The van der Waals surface area contributed by atoms with E-state index in [4.69, 9.17) is 5.73 Å². The fourth-order valence-corrected chi connectivity index (χ4v) is 3.05. The molecule has 0 radical (unpaired) electrons. The Balaban J connectivity index is 0.00000180. The number of aryl methyl sites for hydroxylation is 1. The fraction of sp³-hybridized carbons (Fsp3) is 0.417. The van der Waals surface area contributed by atoms with Crippen LogP contribution >= 0.6 is 23.1 Å². The van der Waals surface area contributed by atoms with Gasteiger partial charge in [-0.15, -0.1) is 11.3 Å². The Morgan fingerprint density at radius 2 is 2.21 bits per heavy atom. The van der Waals surface area contributed by atoms with Crippen LogP contribution in [0.5, 0.6) is 0 Å². The van der Waals surface area contributed by atoms with Crippen LogP contribution in [0, 0.1) is 6.92 Å². The van der Waals surface area contributed by atoms with E-state index >= 15 is 0 Å². The van der Waals surface area contributed by atoms with Gasteiger partial charge in [-0.05, 0) is 24.6 Å². The third-order valence-corrected chi connectivity index (χ3v) is 3.94. The van der Waals surface area contributed by atoms with Gasteiger partial charge in [-0.1, -0.05) is 13.5 Å². The molecule has 1 atom stereocenters. The van der Waals surface area contributed by atoms with Crippen LogP contribution in [-0.4, -0.2) is 27.0 Å². The van der Waals surface area contributed by atoms with Gasteiger partial charge in [0, 0.05) is 10.6 Å². The van der Waals surface area contributed by atoms with E-state index in [1.807, 2.05) is 6.07 Å². The van der Waals surface area contributed by atoms with E-state index < -0.39 is 0 Å². The summed E-state index contributed by atoms with van der Waals surface area (Å²) in [5.74, 6) is 2.36. The van der Waals surface area contributed by atoms with Gasteiger partial charge < -0.3 is 11.1 Å². The summed E-state index contributed by atoms with van der Waals surface area (Å²) >= 11 is 3.50. The molecule has 7 heteroatoms. The van der Waals surface area contributed by atoms with Crippen LogP contribution in [0.3, 0.4) is 0 Å². The Morgan fingerprint density at radius 3 is 2.79 bits per heavy atom. The van der Waals surface area contributed by atoms with Crippen LogP contribution in [0.25, 0.3) is 0 Å². The molecule has 0 aliphatic rings. The summed E-state index contributed by atoms with van der Waals surface area (Å²) in [7, 11) is 0. The third-order valence-electron chi connectivity index (χ3n) is 2.29. The molecule has 19 heavy (non-hydrogen) atoms. The van der Waals surface area contributed by atoms with Gasteiger partial charge in [-0.25, -0.2) is 0 Å². The first-order valence-electron chi connectivity index (χ1n) is 5.46. The summed E-state index contributed by atoms with van der Waals surface area (Å²) in [6.07, 6.45) is 2.08. The van der Waals surface area contributed by atoms with E-state index in [1.54, 1.807) is 30.0 Å². The average Bonchev–Trinajstić information content (AvgIpc) is 2.80. The largest absolute Gasteiger partial charge is 0.368 e. The van der Waals surface area contributed by atoms with Crippen LogP contribution in [0.2, 0.25) is 0 Å². The highest BCUT2D eigenvalue weighted by molar-refractivity contribution is 7.98. The van der Waals surface area contributed by atoms with Gasteiger partial charge in [0.25, 0.3) is 0 Å². The lowest BCUT2D eigenvalue weighted by atomic mass is 10.3. The topological polar surface area (TPSA) is 76.7 Å². The number of nitrogens with one attached hydrogen (secondary N) is 1. The smallest absolute Gasteiger partial charge is 0.228 e. The Morgan fingerprint density at radius 1 is 1.42 bits per heavy atom. The lowest BCUT2D eigenvalue weighted by Crippen LogP contribution is -2.15. The van der Waals surface area contributed by atoms with Gasteiger partial charge in [-0.3, -0.25) is 0 Å². The first-order chi connectivity index (χ1) is 8.69. The number of nitrogens with zero attached hydrogens (tertiary/aromatic N) is 3.